The van der Waals surface area contributed by atoms with E-state index in [-0.39, 0.29) is 0 Å². The quantitative estimate of drug-likeness (QED) is 0.857. The van der Waals surface area contributed by atoms with E-state index >= 15 is 0 Å². The van der Waals surface area contributed by atoms with Crippen molar-refractivity contribution >= 4 is 28.6 Å². The Hall–Kier alpha value is -1.03. The minimum Gasteiger partial charge on any atom is -0.398 e. The third kappa shape index (κ3) is 3.46. The molecule has 0 aliphatic rings. The molecule has 1 aromatic heterocycles. The second-order valence-electron chi connectivity index (χ2n) is 4.16. The van der Waals surface area contributed by atoms with Gasteiger partial charge in [-0.3, -0.25) is 4.90 Å². The average Bonchev–Trinajstić information content (AvgIpc) is 2.76. The average molecular weight is 267 g/mol. The van der Waals surface area contributed by atoms with Crippen LogP contribution in [0, 0.1) is 0 Å². The first-order valence-electron chi connectivity index (χ1n) is 5.38. The summed E-state index contributed by atoms with van der Waals surface area (Å²) in [5.74, 6) is 0. The lowest BCUT2D eigenvalue weighted by Crippen LogP contribution is -2.16. The van der Waals surface area contributed by atoms with Crippen molar-refractivity contribution in [1.29, 1.82) is 0 Å². The fraction of sp³-hybridized carbons (Fsp3) is 0.231. The van der Waals surface area contributed by atoms with Gasteiger partial charge >= 0.3 is 0 Å². The normalized spacial score (nSPS) is 11.0. The molecule has 0 aliphatic carbocycles. The maximum Gasteiger partial charge on any atom is 0.0638 e. The Labute approximate surface area is 111 Å². The first-order chi connectivity index (χ1) is 8.15. The maximum absolute atomic E-state index is 6.00. The van der Waals surface area contributed by atoms with Gasteiger partial charge in [-0.15, -0.1) is 0 Å². The van der Waals surface area contributed by atoms with E-state index in [0.29, 0.717) is 10.7 Å². The SMILES string of the molecule is CN(Cc1ccsc1)Cc1ccc(N)c(Cl)c1. The van der Waals surface area contributed by atoms with Gasteiger partial charge in [0.15, 0.2) is 0 Å². The Morgan fingerprint density at radius 2 is 2.00 bits per heavy atom. The number of hydrogen-bond donors (Lipinski definition) is 1. The standard InChI is InChI=1S/C13H15ClN2S/c1-16(8-11-4-5-17-9-11)7-10-2-3-13(15)12(14)6-10/h2-6,9H,7-8,15H2,1H3. The molecule has 0 radical (unpaired) electrons. The molecule has 1 aromatic carbocycles. The Morgan fingerprint density at radius 1 is 1.24 bits per heavy atom. The zero-order chi connectivity index (χ0) is 12.3. The highest BCUT2D eigenvalue weighted by Crippen LogP contribution is 2.20. The predicted molar refractivity (Wildman–Crippen MR) is 75.4 cm³/mol. The van der Waals surface area contributed by atoms with Crippen LogP contribution < -0.4 is 5.73 Å². The second kappa shape index (κ2) is 5.54. The molecule has 0 saturated heterocycles. The van der Waals surface area contributed by atoms with Crippen LogP contribution in [-0.2, 0) is 13.1 Å². The van der Waals surface area contributed by atoms with E-state index in [2.05, 4.69) is 28.8 Å². The smallest absolute Gasteiger partial charge is 0.0638 e. The third-order valence-electron chi connectivity index (χ3n) is 2.55. The van der Waals surface area contributed by atoms with Gasteiger partial charge in [0.1, 0.15) is 0 Å². The van der Waals surface area contributed by atoms with Crippen molar-refractivity contribution in [3.8, 4) is 0 Å². The molecule has 0 spiro atoms. The summed E-state index contributed by atoms with van der Waals surface area (Å²) < 4.78 is 0. The number of nitrogen functional groups attached to an aromatic ring is 1. The molecule has 0 fully saturated rings. The van der Waals surface area contributed by atoms with E-state index in [1.165, 1.54) is 11.1 Å². The number of rotatable bonds is 4. The van der Waals surface area contributed by atoms with E-state index in [1.807, 2.05) is 18.2 Å². The Morgan fingerprint density at radius 3 is 2.65 bits per heavy atom. The molecule has 0 aliphatic heterocycles. The van der Waals surface area contributed by atoms with Crippen LogP contribution >= 0.6 is 22.9 Å². The van der Waals surface area contributed by atoms with Gasteiger partial charge in [0, 0.05) is 13.1 Å². The molecule has 0 bridgehead atoms. The zero-order valence-electron chi connectivity index (χ0n) is 9.69. The van der Waals surface area contributed by atoms with Crippen LogP contribution in [0.15, 0.2) is 35.0 Å². The van der Waals surface area contributed by atoms with E-state index in [0.717, 1.165) is 13.1 Å². The van der Waals surface area contributed by atoms with E-state index in [9.17, 15) is 0 Å². The molecule has 4 heteroatoms. The molecular weight excluding hydrogens is 252 g/mol. The van der Waals surface area contributed by atoms with Gasteiger partial charge in [0.05, 0.1) is 10.7 Å². The highest BCUT2D eigenvalue weighted by Gasteiger charge is 2.04. The lowest BCUT2D eigenvalue weighted by atomic mass is 10.2. The Kier molecular flexibility index (Phi) is 4.05. The monoisotopic (exact) mass is 266 g/mol. The van der Waals surface area contributed by atoms with E-state index < -0.39 is 0 Å². The van der Waals surface area contributed by atoms with Gasteiger partial charge in [-0.25, -0.2) is 0 Å². The summed E-state index contributed by atoms with van der Waals surface area (Å²) >= 11 is 7.73. The molecule has 17 heavy (non-hydrogen) atoms. The van der Waals surface area contributed by atoms with Crippen molar-refractivity contribution in [2.45, 2.75) is 13.1 Å². The molecule has 2 nitrogen and oxygen atoms in total. The fourth-order valence-electron chi connectivity index (χ4n) is 1.73. The molecule has 0 amide bonds. The lowest BCUT2D eigenvalue weighted by molar-refractivity contribution is 0.319. The third-order valence-corrected chi connectivity index (χ3v) is 3.61. The summed E-state index contributed by atoms with van der Waals surface area (Å²) in [6, 6.07) is 7.96. The molecule has 0 atom stereocenters. The second-order valence-corrected chi connectivity index (χ2v) is 5.35. The molecule has 1 heterocycles. The van der Waals surface area contributed by atoms with E-state index in [4.69, 9.17) is 17.3 Å². The highest BCUT2D eigenvalue weighted by molar-refractivity contribution is 7.07. The minimum atomic E-state index is 0.631. The summed E-state index contributed by atoms with van der Waals surface area (Å²) in [4.78, 5) is 2.25. The van der Waals surface area contributed by atoms with Crippen LogP contribution in [0.3, 0.4) is 0 Å². The Balaban J connectivity index is 1.98. The first-order valence-corrected chi connectivity index (χ1v) is 6.71. The fourth-order valence-corrected chi connectivity index (χ4v) is 2.59. The van der Waals surface area contributed by atoms with Gasteiger partial charge in [-0.05, 0) is 47.1 Å². The molecule has 2 N–H and O–H groups in total. The van der Waals surface area contributed by atoms with Crippen LogP contribution in [0.4, 0.5) is 5.69 Å². The van der Waals surface area contributed by atoms with Gasteiger partial charge < -0.3 is 5.73 Å². The van der Waals surface area contributed by atoms with Gasteiger partial charge in [0.25, 0.3) is 0 Å². The summed E-state index contributed by atoms with van der Waals surface area (Å²) in [7, 11) is 2.10. The van der Waals surface area contributed by atoms with Gasteiger partial charge in [-0.1, -0.05) is 17.7 Å². The van der Waals surface area contributed by atoms with Crippen LogP contribution in [-0.4, -0.2) is 11.9 Å². The molecule has 0 unspecified atom stereocenters. The summed E-state index contributed by atoms with van der Waals surface area (Å²) in [6.07, 6.45) is 0. The van der Waals surface area contributed by atoms with Gasteiger partial charge in [-0.2, -0.15) is 11.3 Å². The molecule has 2 rings (SSSR count). The van der Waals surface area contributed by atoms with Crippen LogP contribution in [0.1, 0.15) is 11.1 Å². The summed E-state index contributed by atoms with van der Waals surface area (Å²) in [5.41, 5.74) is 8.85. The van der Waals surface area contributed by atoms with Crippen molar-refractivity contribution in [3.05, 3.63) is 51.2 Å². The Bertz CT molecular complexity index is 482. The highest BCUT2D eigenvalue weighted by atomic mass is 35.5. The molecule has 2 aromatic rings. The predicted octanol–water partition coefficient (Wildman–Crippen LogP) is 3.62. The van der Waals surface area contributed by atoms with Crippen molar-refractivity contribution in [1.82, 2.24) is 4.90 Å². The van der Waals surface area contributed by atoms with Crippen molar-refractivity contribution in [2.75, 3.05) is 12.8 Å². The number of thiophene rings is 1. The summed E-state index contributed by atoms with van der Waals surface area (Å²) in [6.45, 7) is 1.82. The summed E-state index contributed by atoms with van der Waals surface area (Å²) in [5, 5.41) is 4.90. The van der Waals surface area contributed by atoms with Gasteiger partial charge in [0.2, 0.25) is 0 Å². The molecular formula is C13H15ClN2S. The topological polar surface area (TPSA) is 29.3 Å². The largest absolute Gasteiger partial charge is 0.398 e. The van der Waals surface area contributed by atoms with E-state index in [1.54, 1.807) is 11.3 Å². The molecule has 90 valence electrons. The number of benzene rings is 1. The first kappa shape index (κ1) is 12.4. The number of hydrogen-bond acceptors (Lipinski definition) is 3. The number of anilines is 1. The molecule has 0 saturated carbocycles. The number of nitrogens with two attached hydrogens (primary N) is 1. The zero-order valence-corrected chi connectivity index (χ0v) is 11.3. The number of halogens is 1. The van der Waals surface area contributed by atoms with Crippen LogP contribution in [0.2, 0.25) is 5.02 Å². The van der Waals surface area contributed by atoms with Crippen molar-refractivity contribution in [2.24, 2.45) is 0 Å². The number of nitrogens with zero attached hydrogens (tertiary/aromatic N) is 1. The van der Waals surface area contributed by atoms with Crippen molar-refractivity contribution in [3.63, 3.8) is 0 Å². The van der Waals surface area contributed by atoms with Crippen molar-refractivity contribution < 1.29 is 0 Å². The minimum absolute atomic E-state index is 0.631. The maximum atomic E-state index is 6.00. The van der Waals surface area contributed by atoms with Crippen LogP contribution in [0.5, 0.6) is 0 Å². The van der Waals surface area contributed by atoms with Crippen LogP contribution in [0.25, 0.3) is 0 Å². The lowest BCUT2D eigenvalue weighted by Gasteiger charge is -2.16.